The van der Waals surface area contributed by atoms with Gasteiger partial charge >= 0.3 is 5.97 Å². The normalized spacial score (nSPS) is 38.7. The number of aliphatic hydroxyl groups excluding tert-OH is 1. The van der Waals surface area contributed by atoms with Gasteiger partial charge in [0, 0.05) is 24.4 Å². The standard InChI is InChI=1S/C19H22O5/c1-23-11-3-4-12-13(9-11)15-16(17(12)22)19(24-2)7-5-18(15,6-8-19)10-14(20)21/h3-5,7,9,15-17,22H,6,8,10H2,1-2H3,(H,20,21)/t15-,16-,17+,18+,19+/m1/s1. The molecule has 0 radical (unpaired) electrons. The highest BCUT2D eigenvalue weighted by atomic mass is 16.5. The third-order valence-electron chi connectivity index (χ3n) is 6.37. The van der Waals surface area contributed by atoms with Crippen LogP contribution in [-0.2, 0) is 9.53 Å². The molecule has 4 aliphatic carbocycles. The van der Waals surface area contributed by atoms with Gasteiger partial charge in [-0.05, 0) is 36.1 Å². The molecule has 4 aliphatic rings. The largest absolute Gasteiger partial charge is 0.497 e. The maximum absolute atomic E-state index is 11.6. The van der Waals surface area contributed by atoms with E-state index in [0.29, 0.717) is 0 Å². The van der Waals surface area contributed by atoms with Crippen LogP contribution >= 0.6 is 0 Å². The van der Waals surface area contributed by atoms with Crippen molar-refractivity contribution in [2.45, 2.75) is 36.9 Å². The van der Waals surface area contributed by atoms with Gasteiger partial charge in [0.25, 0.3) is 0 Å². The van der Waals surface area contributed by atoms with Gasteiger partial charge < -0.3 is 19.7 Å². The Bertz CT molecular complexity index is 726. The summed E-state index contributed by atoms with van der Waals surface area (Å²) in [6.07, 6.45) is 4.90. The summed E-state index contributed by atoms with van der Waals surface area (Å²) >= 11 is 0. The Morgan fingerprint density at radius 2 is 2.04 bits per heavy atom. The Kier molecular flexibility index (Phi) is 3.31. The van der Waals surface area contributed by atoms with Crippen LogP contribution in [0, 0.1) is 11.3 Å². The van der Waals surface area contributed by atoms with Crippen molar-refractivity contribution in [3.63, 3.8) is 0 Å². The zero-order valence-electron chi connectivity index (χ0n) is 13.9. The SMILES string of the molecule is COc1ccc2c(c1)[C@@H]1[C@H]([C@H]2O)[C@]2(OC)C=C[C@@]1(CC(=O)O)CC2. The maximum atomic E-state index is 11.6. The van der Waals surface area contributed by atoms with Crippen molar-refractivity contribution in [1.82, 2.24) is 0 Å². The van der Waals surface area contributed by atoms with Crippen LogP contribution in [0.2, 0.25) is 0 Å². The third-order valence-corrected chi connectivity index (χ3v) is 6.37. The van der Waals surface area contributed by atoms with E-state index in [9.17, 15) is 15.0 Å². The Morgan fingerprint density at radius 3 is 2.62 bits per heavy atom. The number of allylic oxidation sites excluding steroid dienone is 1. The minimum atomic E-state index is -0.809. The van der Waals surface area contributed by atoms with E-state index in [2.05, 4.69) is 0 Å². The Hall–Kier alpha value is -1.85. The van der Waals surface area contributed by atoms with E-state index in [0.717, 1.165) is 29.7 Å². The average molecular weight is 330 g/mol. The third kappa shape index (κ3) is 1.85. The molecule has 0 aliphatic heterocycles. The number of rotatable bonds is 4. The fourth-order valence-electron chi connectivity index (χ4n) is 5.29. The molecule has 0 aromatic heterocycles. The van der Waals surface area contributed by atoms with Crippen LogP contribution in [0.1, 0.15) is 42.4 Å². The molecule has 0 heterocycles. The van der Waals surface area contributed by atoms with Crippen molar-refractivity contribution in [1.29, 1.82) is 0 Å². The molecule has 5 rings (SSSR count). The van der Waals surface area contributed by atoms with Gasteiger partial charge in [0.2, 0.25) is 0 Å². The highest BCUT2D eigenvalue weighted by Gasteiger charge is 2.64. The van der Waals surface area contributed by atoms with Crippen molar-refractivity contribution in [2.24, 2.45) is 11.3 Å². The van der Waals surface area contributed by atoms with Gasteiger partial charge in [0.05, 0.1) is 25.2 Å². The Morgan fingerprint density at radius 1 is 1.25 bits per heavy atom. The quantitative estimate of drug-likeness (QED) is 0.830. The van der Waals surface area contributed by atoms with Crippen LogP contribution in [0.3, 0.4) is 0 Å². The number of carboxylic acids is 1. The van der Waals surface area contributed by atoms with E-state index in [1.54, 1.807) is 14.2 Å². The maximum Gasteiger partial charge on any atom is 0.304 e. The first kappa shape index (κ1) is 15.7. The van der Waals surface area contributed by atoms with Gasteiger partial charge in [-0.3, -0.25) is 4.79 Å². The van der Waals surface area contributed by atoms with Crippen molar-refractivity contribution in [2.75, 3.05) is 14.2 Å². The molecule has 1 aromatic carbocycles. The first-order valence-corrected chi connectivity index (χ1v) is 8.29. The summed E-state index contributed by atoms with van der Waals surface area (Å²) in [5, 5.41) is 20.5. The lowest BCUT2D eigenvalue weighted by Gasteiger charge is -2.56. The van der Waals surface area contributed by atoms with Crippen molar-refractivity contribution in [3.8, 4) is 5.75 Å². The minimum absolute atomic E-state index is 0.0633. The zero-order valence-corrected chi connectivity index (χ0v) is 13.9. The Balaban J connectivity index is 1.92. The van der Waals surface area contributed by atoms with Gasteiger partial charge in [-0.25, -0.2) is 0 Å². The highest BCUT2D eigenvalue weighted by Crippen LogP contribution is 2.68. The van der Waals surface area contributed by atoms with Crippen molar-refractivity contribution < 1.29 is 24.5 Å². The van der Waals surface area contributed by atoms with Gasteiger partial charge in [-0.2, -0.15) is 0 Å². The molecule has 0 unspecified atom stereocenters. The number of benzene rings is 1. The molecule has 2 bridgehead atoms. The predicted molar refractivity (Wildman–Crippen MR) is 87.0 cm³/mol. The molecule has 5 heteroatoms. The molecule has 128 valence electrons. The number of aliphatic hydroxyl groups is 1. The number of hydrogen-bond acceptors (Lipinski definition) is 4. The lowest BCUT2D eigenvalue weighted by molar-refractivity contribution is -0.150. The molecule has 1 aromatic rings. The summed E-state index contributed by atoms with van der Waals surface area (Å²) in [5.74, 6) is -0.324. The van der Waals surface area contributed by atoms with Crippen molar-refractivity contribution in [3.05, 3.63) is 41.5 Å². The van der Waals surface area contributed by atoms with Gasteiger partial charge in [-0.15, -0.1) is 0 Å². The minimum Gasteiger partial charge on any atom is -0.497 e. The Labute approximate surface area is 140 Å². The topological polar surface area (TPSA) is 76.0 Å². The average Bonchev–Trinajstić information content (AvgIpc) is 2.90. The monoisotopic (exact) mass is 330 g/mol. The van der Waals surface area contributed by atoms with E-state index in [-0.39, 0.29) is 18.3 Å². The lowest BCUT2D eigenvalue weighted by Crippen LogP contribution is -2.55. The molecule has 1 saturated carbocycles. The molecule has 2 N–H and O–H groups in total. The second-order valence-electron chi connectivity index (χ2n) is 7.24. The summed E-state index contributed by atoms with van der Waals surface area (Å²) in [7, 11) is 3.29. The van der Waals surface area contributed by atoms with Crippen LogP contribution in [0.25, 0.3) is 0 Å². The van der Waals surface area contributed by atoms with E-state index >= 15 is 0 Å². The van der Waals surface area contributed by atoms with Crippen LogP contribution in [0.4, 0.5) is 0 Å². The van der Waals surface area contributed by atoms with E-state index < -0.39 is 23.1 Å². The number of fused-ring (bicyclic) bond motifs is 2. The first-order chi connectivity index (χ1) is 11.5. The van der Waals surface area contributed by atoms with E-state index in [1.807, 2.05) is 30.4 Å². The van der Waals surface area contributed by atoms with E-state index in [4.69, 9.17) is 9.47 Å². The molecular formula is C19H22O5. The summed E-state index contributed by atoms with van der Waals surface area (Å²) in [6.45, 7) is 0. The molecular weight excluding hydrogens is 308 g/mol. The first-order valence-electron chi connectivity index (χ1n) is 8.29. The second kappa shape index (κ2) is 5.07. The number of methoxy groups -OCH3 is 2. The van der Waals surface area contributed by atoms with Crippen LogP contribution in [0.15, 0.2) is 30.4 Å². The fourth-order valence-corrected chi connectivity index (χ4v) is 5.29. The second-order valence-corrected chi connectivity index (χ2v) is 7.24. The summed E-state index contributed by atoms with van der Waals surface area (Å²) in [6, 6.07) is 5.69. The summed E-state index contributed by atoms with van der Waals surface area (Å²) in [5.41, 5.74) is 0.859. The summed E-state index contributed by atoms with van der Waals surface area (Å²) in [4.78, 5) is 11.6. The number of ether oxygens (including phenoxy) is 2. The molecule has 5 atom stereocenters. The summed E-state index contributed by atoms with van der Waals surface area (Å²) < 4.78 is 11.2. The molecule has 24 heavy (non-hydrogen) atoms. The number of carbonyl (C=O) groups is 1. The van der Waals surface area contributed by atoms with Crippen LogP contribution in [0.5, 0.6) is 5.75 Å². The van der Waals surface area contributed by atoms with Gasteiger partial charge in [-0.1, -0.05) is 18.2 Å². The molecule has 0 amide bonds. The smallest absolute Gasteiger partial charge is 0.304 e. The molecule has 1 fully saturated rings. The lowest BCUT2D eigenvalue weighted by atomic mass is 9.51. The molecule has 0 saturated heterocycles. The number of hydrogen-bond donors (Lipinski definition) is 2. The number of carboxylic acid groups (broad SMARTS) is 1. The van der Waals surface area contributed by atoms with Crippen molar-refractivity contribution >= 4 is 5.97 Å². The number of aliphatic carboxylic acids is 1. The van der Waals surface area contributed by atoms with E-state index in [1.165, 1.54) is 0 Å². The molecule has 5 nitrogen and oxygen atoms in total. The van der Waals surface area contributed by atoms with Gasteiger partial charge in [0.1, 0.15) is 5.75 Å². The zero-order chi connectivity index (χ0) is 17.1. The predicted octanol–water partition coefficient (Wildman–Crippen LogP) is 2.65. The van der Waals surface area contributed by atoms with Crippen LogP contribution in [-0.4, -0.2) is 36.0 Å². The van der Waals surface area contributed by atoms with Crippen LogP contribution < -0.4 is 4.74 Å². The fraction of sp³-hybridized carbons (Fsp3) is 0.526. The molecule has 0 spiro atoms. The van der Waals surface area contributed by atoms with Gasteiger partial charge in [0.15, 0.2) is 0 Å². The highest BCUT2D eigenvalue weighted by molar-refractivity contribution is 5.69.